The van der Waals surface area contributed by atoms with Crippen molar-refractivity contribution in [3.8, 4) is 0 Å². The maximum absolute atomic E-state index is 10.7. The molecule has 0 saturated carbocycles. The van der Waals surface area contributed by atoms with E-state index in [1.807, 2.05) is 6.08 Å². The Morgan fingerprint density at radius 2 is 2.15 bits per heavy atom. The molecule has 0 aromatic carbocycles. The molecule has 0 bridgehead atoms. The van der Waals surface area contributed by atoms with Crippen molar-refractivity contribution in [2.24, 2.45) is 0 Å². The molecule has 0 N–H and O–H groups in total. The molecule has 0 aliphatic carbocycles. The van der Waals surface area contributed by atoms with Gasteiger partial charge in [0.15, 0.2) is 0 Å². The minimum Gasteiger partial charge on any atom is -0.302 e. The molecule has 76 valence electrons. The Hall–Kier alpha value is -0.630. The molecule has 0 amide bonds. The second kappa shape index (κ2) is 6.84. The second-order valence-electron chi connectivity index (χ2n) is 3.34. The molecule has 2 nitrogen and oxygen atoms in total. The molecule has 13 heavy (non-hydrogen) atoms. The third-order valence-electron chi connectivity index (χ3n) is 2.43. The van der Waals surface area contributed by atoms with Gasteiger partial charge >= 0.3 is 0 Å². The van der Waals surface area contributed by atoms with Gasteiger partial charge in [-0.25, -0.2) is 0 Å². The van der Waals surface area contributed by atoms with E-state index in [9.17, 15) is 4.79 Å². The first kappa shape index (κ1) is 12.4. The number of rotatable bonds is 3. The molecule has 0 spiro atoms. The summed E-state index contributed by atoms with van der Waals surface area (Å²) >= 11 is 0. The summed E-state index contributed by atoms with van der Waals surface area (Å²) in [5.74, 6) is 0. The fourth-order valence-electron chi connectivity index (χ4n) is 1.74. The zero-order valence-electron chi connectivity index (χ0n) is 7.54. The Bertz CT molecular complexity index is 156. The predicted molar refractivity (Wildman–Crippen MR) is 56.8 cm³/mol. The van der Waals surface area contributed by atoms with E-state index in [-0.39, 0.29) is 13.5 Å². The Labute approximate surface area is 81.6 Å². The van der Waals surface area contributed by atoms with Gasteiger partial charge in [0.1, 0.15) is 6.29 Å². The van der Waals surface area contributed by atoms with Crippen molar-refractivity contribution < 1.29 is 4.79 Å². The highest BCUT2D eigenvalue weighted by Crippen LogP contribution is 2.14. The van der Waals surface area contributed by atoms with Crippen LogP contribution in [-0.4, -0.2) is 30.3 Å². The molecule has 1 unspecified atom stereocenters. The van der Waals surface area contributed by atoms with Crippen LogP contribution in [0.1, 0.15) is 33.1 Å². The van der Waals surface area contributed by atoms with Crippen LogP contribution in [0.2, 0.25) is 0 Å². The average molecular weight is 183 g/mol. The van der Waals surface area contributed by atoms with Crippen molar-refractivity contribution >= 4 is 6.29 Å². The fourth-order valence-corrected chi connectivity index (χ4v) is 1.74. The van der Waals surface area contributed by atoms with Gasteiger partial charge in [-0.1, -0.05) is 26.3 Å². The first-order chi connectivity index (χ1) is 5.88. The molecule has 2 heteroatoms. The minimum absolute atomic E-state index is 0. The quantitative estimate of drug-likeness (QED) is 0.494. The van der Waals surface area contributed by atoms with Gasteiger partial charge in [-0.15, -0.1) is 6.58 Å². The Morgan fingerprint density at radius 1 is 1.38 bits per heavy atom. The maximum Gasteiger partial charge on any atom is 0.137 e. The third kappa shape index (κ3) is 3.73. The van der Waals surface area contributed by atoms with Crippen LogP contribution in [0.25, 0.3) is 0 Å². The van der Waals surface area contributed by atoms with E-state index in [0.29, 0.717) is 0 Å². The van der Waals surface area contributed by atoms with Gasteiger partial charge in [0, 0.05) is 6.54 Å². The largest absolute Gasteiger partial charge is 0.302 e. The van der Waals surface area contributed by atoms with Gasteiger partial charge < -0.3 is 4.79 Å². The van der Waals surface area contributed by atoms with E-state index in [1.165, 1.54) is 19.3 Å². The molecule has 1 aliphatic heterocycles. The van der Waals surface area contributed by atoms with Gasteiger partial charge in [0.05, 0.1) is 6.04 Å². The minimum atomic E-state index is 0. The number of likely N-dealkylation sites (tertiary alicyclic amines) is 1. The lowest BCUT2D eigenvalue weighted by Gasteiger charge is -2.23. The van der Waals surface area contributed by atoms with Crippen molar-refractivity contribution in [2.75, 3.05) is 13.1 Å². The van der Waals surface area contributed by atoms with Crippen LogP contribution in [0.5, 0.6) is 0 Å². The summed E-state index contributed by atoms with van der Waals surface area (Å²) < 4.78 is 0. The smallest absolute Gasteiger partial charge is 0.137 e. The first-order valence-electron chi connectivity index (χ1n) is 4.68. The van der Waals surface area contributed by atoms with Crippen molar-refractivity contribution in [2.45, 2.75) is 39.2 Å². The Morgan fingerprint density at radius 3 is 2.77 bits per heavy atom. The predicted octanol–water partition coefficient (Wildman–Crippen LogP) is 2.25. The van der Waals surface area contributed by atoms with E-state index < -0.39 is 0 Å². The number of carbonyl (C=O) groups excluding carboxylic acids is 1. The lowest BCUT2D eigenvalue weighted by atomic mass is 10.1. The molecule has 1 saturated heterocycles. The average Bonchev–Trinajstić information content (AvgIpc) is 2.30. The van der Waals surface area contributed by atoms with Gasteiger partial charge in [-0.2, -0.15) is 0 Å². The molecule has 1 aliphatic rings. The summed E-state index contributed by atoms with van der Waals surface area (Å²) in [4.78, 5) is 12.9. The first-order valence-corrected chi connectivity index (χ1v) is 4.68. The normalized spacial score (nSPS) is 24.2. The van der Waals surface area contributed by atoms with Crippen molar-refractivity contribution in [1.82, 2.24) is 4.90 Å². The Balaban J connectivity index is 0.00000144. The highest BCUT2D eigenvalue weighted by atomic mass is 16.1. The maximum atomic E-state index is 10.7. The third-order valence-corrected chi connectivity index (χ3v) is 2.43. The van der Waals surface area contributed by atoms with Crippen LogP contribution in [0.4, 0.5) is 0 Å². The summed E-state index contributed by atoms with van der Waals surface area (Å²) in [5.41, 5.74) is 0. The topological polar surface area (TPSA) is 20.3 Å². The van der Waals surface area contributed by atoms with E-state index in [0.717, 1.165) is 25.8 Å². The highest BCUT2D eigenvalue weighted by molar-refractivity contribution is 5.57. The molecule has 0 aromatic rings. The summed E-state index contributed by atoms with van der Waals surface area (Å²) in [7, 11) is 0. The molecular weight excluding hydrogens is 162 g/mol. The molecule has 1 fully saturated rings. The van der Waals surface area contributed by atoms with E-state index in [4.69, 9.17) is 0 Å². The van der Waals surface area contributed by atoms with Crippen molar-refractivity contribution in [3.05, 3.63) is 12.7 Å². The molecule has 0 aromatic heterocycles. The van der Waals surface area contributed by atoms with E-state index in [1.54, 1.807) is 0 Å². The second-order valence-corrected chi connectivity index (χ2v) is 3.34. The number of carbonyl (C=O) groups is 1. The highest BCUT2D eigenvalue weighted by Gasteiger charge is 2.18. The summed E-state index contributed by atoms with van der Waals surface area (Å²) in [5, 5.41) is 0. The molecule has 1 rings (SSSR count). The lowest BCUT2D eigenvalue weighted by Crippen LogP contribution is -2.35. The van der Waals surface area contributed by atoms with Gasteiger partial charge in [-0.05, 0) is 19.4 Å². The van der Waals surface area contributed by atoms with E-state index >= 15 is 0 Å². The van der Waals surface area contributed by atoms with Crippen LogP contribution in [-0.2, 0) is 4.79 Å². The summed E-state index contributed by atoms with van der Waals surface area (Å²) in [6.07, 6.45) is 7.65. The zero-order chi connectivity index (χ0) is 8.81. The van der Waals surface area contributed by atoms with Crippen LogP contribution in [0.3, 0.4) is 0 Å². The van der Waals surface area contributed by atoms with Gasteiger partial charge in [-0.3, -0.25) is 4.90 Å². The lowest BCUT2D eigenvalue weighted by molar-refractivity contribution is -0.112. The monoisotopic (exact) mass is 183 g/mol. The standard InChI is InChI=1S/C10H17NO.CH4/c1-2-7-11-8-5-3-4-6-10(11)9-12;/h2,9-10H,1,3-8H2;1H4. The van der Waals surface area contributed by atoms with Crippen LogP contribution >= 0.6 is 0 Å². The SMILES string of the molecule is C.C=CCN1CCCCCC1C=O. The number of hydrogen-bond donors (Lipinski definition) is 0. The number of nitrogens with zero attached hydrogens (tertiary/aromatic N) is 1. The molecule has 0 radical (unpaired) electrons. The van der Waals surface area contributed by atoms with E-state index in [2.05, 4.69) is 11.5 Å². The number of hydrogen-bond acceptors (Lipinski definition) is 2. The van der Waals surface area contributed by atoms with Crippen LogP contribution in [0, 0.1) is 0 Å². The number of aldehydes is 1. The van der Waals surface area contributed by atoms with Crippen molar-refractivity contribution in [1.29, 1.82) is 0 Å². The summed E-state index contributed by atoms with van der Waals surface area (Å²) in [6.45, 7) is 5.60. The van der Waals surface area contributed by atoms with Crippen LogP contribution < -0.4 is 0 Å². The van der Waals surface area contributed by atoms with Gasteiger partial charge in [0.25, 0.3) is 0 Å². The molecular formula is C11H21NO. The zero-order valence-corrected chi connectivity index (χ0v) is 7.54. The fraction of sp³-hybridized carbons (Fsp3) is 0.727. The van der Waals surface area contributed by atoms with Gasteiger partial charge in [0.2, 0.25) is 0 Å². The van der Waals surface area contributed by atoms with Crippen molar-refractivity contribution in [3.63, 3.8) is 0 Å². The molecule has 1 heterocycles. The summed E-state index contributed by atoms with van der Waals surface area (Å²) in [6, 6.07) is 0.144. The molecule has 1 atom stereocenters. The Kier molecular flexibility index (Phi) is 6.51. The van der Waals surface area contributed by atoms with Crippen LogP contribution in [0.15, 0.2) is 12.7 Å².